The molecule has 0 aliphatic rings. The Bertz CT molecular complexity index is 1020. The fraction of sp³-hybridized carbons (Fsp3) is 0.238. The number of aromatic nitrogens is 2. The van der Waals surface area contributed by atoms with Crippen molar-refractivity contribution in [3.63, 3.8) is 0 Å². The normalized spacial score (nSPS) is 11.0. The third-order valence-electron chi connectivity index (χ3n) is 3.97. The summed E-state index contributed by atoms with van der Waals surface area (Å²) in [5.74, 6) is -0.767. The number of carbonyl (C=O) groups is 2. The van der Waals surface area contributed by atoms with E-state index in [4.69, 9.17) is 9.15 Å². The van der Waals surface area contributed by atoms with Crippen molar-refractivity contribution in [1.82, 2.24) is 15.1 Å². The SMILES string of the molecule is CCCN(Cc1nnc(-c2cccs2)o1)C(=O)COC(=O)/C=C/c1cccc(F)c1. The van der Waals surface area contributed by atoms with Crippen LogP contribution in [0.3, 0.4) is 0 Å². The zero-order valence-corrected chi connectivity index (χ0v) is 17.1. The van der Waals surface area contributed by atoms with Crippen molar-refractivity contribution in [1.29, 1.82) is 0 Å². The number of carbonyl (C=O) groups excluding carboxylic acids is 2. The molecule has 0 N–H and O–H groups in total. The van der Waals surface area contributed by atoms with Gasteiger partial charge in [-0.2, -0.15) is 0 Å². The lowest BCUT2D eigenvalue weighted by Gasteiger charge is -2.19. The highest BCUT2D eigenvalue weighted by Crippen LogP contribution is 2.23. The predicted octanol–water partition coefficient (Wildman–Crippen LogP) is 3.93. The molecule has 0 aliphatic heterocycles. The summed E-state index contributed by atoms with van der Waals surface area (Å²) in [6.45, 7) is 2.09. The van der Waals surface area contributed by atoms with Crippen LogP contribution in [-0.2, 0) is 20.9 Å². The van der Waals surface area contributed by atoms with Crippen molar-refractivity contribution < 1.29 is 23.1 Å². The number of hydrogen-bond donors (Lipinski definition) is 0. The lowest BCUT2D eigenvalue weighted by molar-refractivity contribution is -0.148. The molecule has 0 unspecified atom stereocenters. The van der Waals surface area contributed by atoms with Gasteiger partial charge in [-0.25, -0.2) is 9.18 Å². The Morgan fingerprint density at radius 2 is 2.13 bits per heavy atom. The molecule has 7 nitrogen and oxygen atoms in total. The number of esters is 1. The van der Waals surface area contributed by atoms with Gasteiger partial charge in [-0.3, -0.25) is 4.79 Å². The molecule has 9 heteroatoms. The lowest BCUT2D eigenvalue weighted by atomic mass is 10.2. The molecule has 0 atom stereocenters. The van der Waals surface area contributed by atoms with Crippen LogP contribution in [0.4, 0.5) is 4.39 Å². The van der Waals surface area contributed by atoms with Gasteiger partial charge in [0.2, 0.25) is 5.89 Å². The largest absolute Gasteiger partial charge is 0.452 e. The van der Waals surface area contributed by atoms with Crippen LogP contribution in [0.2, 0.25) is 0 Å². The zero-order chi connectivity index (χ0) is 21.3. The molecule has 2 aromatic heterocycles. The van der Waals surface area contributed by atoms with E-state index in [1.54, 1.807) is 6.07 Å². The highest BCUT2D eigenvalue weighted by molar-refractivity contribution is 7.13. The molecule has 2 heterocycles. The van der Waals surface area contributed by atoms with Gasteiger partial charge in [-0.15, -0.1) is 21.5 Å². The standard InChI is InChI=1S/C21H20FN3O4S/c1-2-10-25(13-18-23-24-21(29-18)17-7-4-11-30-17)19(26)14-28-20(27)9-8-15-5-3-6-16(22)12-15/h3-9,11-12H,2,10,13-14H2,1H3/b9-8+. The summed E-state index contributed by atoms with van der Waals surface area (Å²) >= 11 is 1.48. The number of benzene rings is 1. The van der Waals surface area contributed by atoms with E-state index < -0.39 is 18.4 Å². The molecule has 0 fully saturated rings. The van der Waals surface area contributed by atoms with Gasteiger partial charge in [-0.05, 0) is 41.6 Å². The van der Waals surface area contributed by atoms with Gasteiger partial charge < -0.3 is 14.1 Å². The van der Waals surface area contributed by atoms with Crippen LogP contribution in [0.1, 0.15) is 24.8 Å². The van der Waals surface area contributed by atoms with Crippen molar-refractivity contribution in [2.24, 2.45) is 0 Å². The molecule has 3 aromatic rings. The number of ether oxygens (including phenoxy) is 1. The van der Waals surface area contributed by atoms with Crippen molar-refractivity contribution in [2.45, 2.75) is 19.9 Å². The number of nitrogens with zero attached hydrogens (tertiary/aromatic N) is 3. The summed E-state index contributed by atoms with van der Waals surface area (Å²) in [6.07, 6.45) is 3.28. The fourth-order valence-electron chi connectivity index (χ4n) is 2.59. The van der Waals surface area contributed by atoms with Gasteiger partial charge >= 0.3 is 5.97 Å². The maximum atomic E-state index is 13.2. The number of amides is 1. The maximum Gasteiger partial charge on any atom is 0.331 e. The first-order valence-electron chi connectivity index (χ1n) is 9.29. The second-order valence-corrected chi connectivity index (χ2v) is 7.24. The molecule has 1 amide bonds. The first-order valence-corrected chi connectivity index (χ1v) is 10.2. The number of hydrogen-bond acceptors (Lipinski definition) is 7. The monoisotopic (exact) mass is 429 g/mol. The molecule has 3 rings (SSSR count). The van der Waals surface area contributed by atoms with Gasteiger partial charge in [0.05, 0.1) is 11.4 Å². The van der Waals surface area contributed by atoms with Crippen LogP contribution >= 0.6 is 11.3 Å². The lowest BCUT2D eigenvalue weighted by Crippen LogP contribution is -2.34. The second-order valence-electron chi connectivity index (χ2n) is 6.29. The van der Waals surface area contributed by atoms with Crippen LogP contribution in [0.5, 0.6) is 0 Å². The molecule has 0 radical (unpaired) electrons. The fourth-order valence-corrected chi connectivity index (χ4v) is 3.23. The molecule has 30 heavy (non-hydrogen) atoms. The maximum absolute atomic E-state index is 13.2. The minimum Gasteiger partial charge on any atom is -0.452 e. The van der Waals surface area contributed by atoms with E-state index in [-0.39, 0.29) is 12.5 Å². The van der Waals surface area contributed by atoms with Crippen LogP contribution in [0.15, 0.2) is 52.3 Å². The van der Waals surface area contributed by atoms with Crippen molar-refractivity contribution >= 4 is 29.3 Å². The molecular weight excluding hydrogens is 409 g/mol. The Morgan fingerprint density at radius 3 is 2.87 bits per heavy atom. The van der Waals surface area contributed by atoms with E-state index in [1.165, 1.54) is 40.5 Å². The predicted molar refractivity (Wildman–Crippen MR) is 110 cm³/mol. The van der Waals surface area contributed by atoms with Crippen LogP contribution in [0.25, 0.3) is 16.8 Å². The number of thiophene rings is 1. The van der Waals surface area contributed by atoms with Crippen molar-refractivity contribution in [3.05, 3.63) is 65.1 Å². The van der Waals surface area contributed by atoms with Gasteiger partial charge in [0.1, 0.15) is 5.82 Å². The average Bonchev–Trinajstić information content (AvgIpc) is 3.42. The van der Waals surface area contributed by atoms with E-state index in [0.717, 1.165) is 11.0 Å². The van der Waals surface area contributed by atoms with E-state index in [0.29, 0.717) is 30.3 Å². The quantitative estimate of drug-likeness (QED) is 0.378. The van der Waals surface area contributed by atoms with Crippen LogP contribution in [0, 0.1) is 5.82 Å². The van der Waals surface area contributed by atoms with Gasteiger partial charge in [0, 0.05) is 12.6 Å². The molecule has 0 bridgehead atoms. The van der Waals surface area contributed by atoms with Gasteiger partial charge in [0.15, 0.2) is 6.61 Å². The van der Waals surface area contributed by atoms with Gasteiger partial charge in [0.25, 0.3) is 11.8 Å². The van der Waals surface area contributed by atoms with E-state index >= 15 is 0 Å². The first kappa shape index (κ1) is 21.4. The molecule has 0 saturated carbocycles. The third-order valence-corrected chi connectivity index (χ3v) is 4.83. The molecular formula is C21H20FN3O4S. The zero-order valence-electron chi connectivity index (χ0n) is 16.3. The Labute approximate surface area is 176 Å². The van der Waals surface area contributed by atoms with Crippen molar-refractivity contribution in [3.8, 4) is 10.8 Å². The Balaban J connectivity index is 1.54. The summed E-state index contributed by atoms with van der Waals surface area (Å²) in [5, 5.41) is 9.89. The first-order chi connectivity index (χ1) is 14.5. The molecule has 0 saturated heterocycles. The minimum absolute atomic E-state index is 0.127. The minimum atomic E-state index is -0.693. The Morgan fingerprint density at radius 1 is 1.27 bits per heavy atom. The summed E-state index contributed by atoms with van der Waals surface area (Å²) in [6, 6.07) is 9.53. The molecule has 156 valence electrons. The number of halogens is 1. The Kier molecular flexibility index (Phi) is 7.45. The topological polar surface area (TPSA) is 85.5 Å². The highest BCUT2D eigenvalue weighted by Gasteiger charge is 2.18. The van der Waals surface area contributed by atoms with E-state index in [2.05, 4.69) is 10.2 Å². The highest BCUT2D eigenvalue weighted by atomic mass is 32.1. The summed E-state index contributed by atoms with van der Waals surface area (Å²) in [5.41, 5.74) is 0.517. The third kappa shape index (κ3) is 6.08. The average molecular weight is 429 g/mol. The van der Waals surface area contributed by atoms with Crippen molar-refractivity contribution in [2.75, 3.05) is 13.2 Å². The van der Waals surface area contributed by atoms with Crippen LogP contribution in [-0.4, -0.2) is 40.1 Å². The molecule has 1 aromatic carbocycles. The Hall–Kier alpha value is -3.33. The summed E-state index contributed by atoms with van der Waals surface area (Å²) < 4.78 is 23.8. The van der Waals surface area contributed by atoms with E-state index in [1.807, 2.05) is 24.4 Å². The smallest absolute Gasteiger partial charge is 0.331 e. The summed E-state index contributed by atoms with van der Waals surface area (Å²) in [4.78, 5) is 26.7. The summed E-state index contributed by atoms with van der Waals surface area (Å²) in [7, 11) is 0. The van der Waals surface area contributed by atoms with Crippen LogP contribution < -0.4 is 0 Å². The van der Waals surface area contributed by atoms with E-state index in [9.17, 15) is 14.0 Å². The second kappa shape index (κ2) is 10.4. The molecule has 0 aliphatic carbocycles. The molecule has 0 spiro atoms. The van der Waals surface area contributed by atoms with Gasteiger partial charge in [-0.1, -0.05) is 25.1 Å². The number of rotatable bonds is 9.